The summed E-state index contributed by atoms with van der Waals surface area (Å²) in [5.74, 6) is -0.0980. The molecular weight excluding hydrogens is 236 g/mol. The molecule has 0 atom stereocenters. The van der Waals surface area contributed by atoms with Crippen LogP contribution in [0.2, 0.25) is 0 Å². The van der Waals surface area contributed by atoms with Crippen molar-refractivity contribution >= 4 is 5.69 Å². The second kappa shape index (κ2) is 4.64. The van der Waals surface area contributed by atoms with Crippen molar-refractivity contribution in [3.63, 3.8) is 0 Å². The Hall–Kier alpha value is -2.10. The third-order valence-electron chi connectivity index (χ3n) is 2.66. The minimum absolute atomic E-state index is 0.182. The van der Waals surface area contributed by atoms with Crippen LogP contribution in [0, 0.1) is 25.5 Å². The maximum absolute atomic E-state index is 13.2. The number of hydrogen-bond acceptors (Lipinski definition) is 2. The van der Waals surface area contributed by atoms with Gasteiger partial charge in [0.15, 0.2) is 5.75 Å². The van der Waals surface area contributed by atoms with Gasteiger partial charge < -0.3 is 10.5 Å². The van der Waals surface area contributed by atoms with Crippen molar-refractivity contribution in [3.8, 4) is 11.5 Å². The van der Waals surface area contributed by atoms with E-state index in [1.807, 2.05) is 0 Å². The van der Waals surface area contributed by atoms with Crippen LogP contribution in [0.5, 0.6) is 11.5 Å². The van der Waals surface area contributed by atoms with Gasteiger partial charge in [-0.3, -0.25) is 0 Å². The third kappa shape index (κ3) is 2.42. The summed E-state index contributed by atoms with van der Waals surface area (Å²) >= 11 is 0. The molecule has 18 heavy (non-hydrogen) atoms. The highest BCUT2D eigenvalue weighted by Crippen LogP contribution is 2.31. The van der Waals surface area contributed by atoms with Gasteiger partial charge in [-0.1, -0.05) is 6.07 Å². The number of ether oxygens (including phenoxy) is 1. The topological polar surface area (TPSA) is 35.2 Å². The van der Waals surface area contributed by atoms with Gasteiger partial charge in [0.2, 0.25) is 0 Å². The Labute approximate surface area is 104 Å². The van der Waals surface area contributed by atoms with Crippen molar-refractivity contribution in [3.05, 3.63) is 53.1 Å². The fourth-order valence-corrected chi connectivity index (χ4v) is 1.56. The summed E-state index contributed by atoms with van der Waals surface area (Å²) in [6.45, 7) is 3.40. The second-order valence-electron chi connectivity index (χ2n) is 4.15. The molecular formula is C14H13F2NO. The molecule has 0 aliphatic rings. The van der Waals surface area contributed by atoms with E-state index in [0.717, 1.165) is 5.56 Å². The number of nitrogen functional groups attached to an aromatic ring is 1. The molecule has 2 aromatic rings. The number of benzene rings is 2. The van der Waals surface area contributed by atoms with Crippen LogP contribution in [0.3, 0.4) is 0 Å². The van der Waals surface area contributed by atoms with Crippen LogP contribution in [0.1, 0.15) is 11.1 Å². The summed E-state index contributed by atoms with van der Waals surface area (Å²) in [4.78, 5) is 0. The van der Waals surface area contributed by atoms with E-state index in [-0.39, 0.29) is 5.69 Å². The van der Waals surface area contributed by atoms with E-state index in [2.05, 4.69) is 0 Å². The van der Waals surface area contributed by atoms with Crippen molar-refractivity contribution in [2.24, 2.45) is 0 Å². The van der Waals surface area contributed by atoms with Crippen LogP contribution >= 0.6 is 0 Å². The van der Waals surface area contributed by atoms with Gasteiger partial charge in [0.1, 0.15) is 17.4 Å². The molecule has 0 spiro atoms. The smallest absolute Gasteiger partial charge is 0.150 e. The van der Waals surface area contributed by atoms with E-state index < -0.39 is 11.6 Å². The number of hydrogen-bond donors (Lipinski definition) is 1. The van der Waals surface area contributed by atoms with E-state index >= 15 is 0 Å². The Kier molecular flexibility index (Phi) is 3.19. The monoisotopic (exact) mass is 249 g/mol. The summed E-state index contributed by atoms with van der Waals surface area (Å²) in [6, 6.07) is 6.92. The van der Waals surface area contributed by atoms with Crippen LogP contribution in [-0.4, -0.2) is 0 Å². The number of rotatable bonds is 2. The van der Waals surface area contributed by atoms with E-state index in [1.54, 1.807) is 19.9 Å². The Balaban J connectivity index is 2.40. The zero-order valence-electron chi connectivity index (χ0n) is 10.1. The summed E-state index contributed by atoms with van der Waals surface area (Å²) in [6.07, 6.45) is 0. The van der Waals surface area contributed by atoms with Crippen LogP contribution in [0.25, 0.3) is 0 Å². The largest absolute Gasteiger partial charge is 0.455 e. The van der Waals surface area contributed by atoms with Crippen molar-refractivity contribution < 1.29 is 13.5 Å². The quantitative estimate of drug-likeness (QED) is 0.818. The molecule has 2 rings (SSSR count). The summed E-state index contributed by atoms with van der Waals surface area (Å²) in [5.41, 5.74) is 7.05. The highest BCUT2D eigenvalue weighted by atomic mass is 19.1. The molecule has 0 aliphatic carbocycles. The van der Waals surface area contributed by atoms with Crippen molar-refractivity contribution in [1.29, 1.82) is 0 Å². The summed E-state index contributed by atoms with van der Waals surface area (Å²) in [7, 11) is 0. The molecule has 2 aromatic carbocycles. The minimum Gasteiger partial charge on any atom is -0.455 e. The molecule has 0 fully saturated rings. The third-order valence-corrected chi connectivity index (χ3v) is 2.66. The van der Waals surface area contributed by atoms with Crippen LogP contribution in [-0.2, 0) is 0 Å². The SMILES string of the molecule is Cc1cc(Oc2cc(F)ccc2C)c(N)cc1F. The van der Waals surface area contributed by atoms with Gasteiger partial charge in [-0.15, -0.1) is 0 Å². The second-order valence-corrected chi connectivity index (χ2v) is 4.15. The number of nitrogens with two attached hydrogens (primary N) is 1. The van der Waals surface area contributed by atoms with E-state index in [9.17, 15) is 8.78 Å². The lowest BCUT2D eigenvalue weighted by Crippen LogP contribution is -1.96. The highest BCUT2D eigenvalue weighted by Gasteiger charge is 2.09. The first kappa shape index (κ1) is 12.4. The van der Waals surface area contributed by atoms with Crippen molar-refractivity contribution in [2.75, 3.05) is 5.73 Å². The normalized spacial score (nSPS) is 10.4. The molecule has 0 radical (unpaired) electrons. The Bertz CT molecular complexity index is 597. The van der Waals surface area contributed by atoms with E-state index in [1.165, 1.54) is 24.3 Å². The van der Waals surface area contributed by atoms with Gasteiger partial charge in [-0.2, -0.15) is 0 Å². The lowest BCUT2D eigenvalue weighted by atomic mass is 10.2. The zero-order chi connectivity index (χ0) is 13.3. The fraction of sp³-hybridized carbons (Fsp3) is 0.143. The highest BCUT2D eigenvalue weighted by molar-refractivity contribution is 5.56. The Morgan fingerprint density at radius 2 is 1.67 bits per heavy atom. The first-order valence-electron chi connectivity index (χ1n) is 5.47. The zero-order valence-corrected chi connectivity index (χ0v) is 10.1. The number of anilines is 1. The van der Waals surface area contributed by atoms with E-state index in [4.69, 9.17) is 10.5 Å². The molecule has 0 saturated heterocycles. The first-order chi connectivity index (χ1) is 8.47. The number of aryl methyl sites for hydroxylation is 2. The van der Waals surface area contributed by atoms with E-state index in [0.29, 0.717) is 17.1 Å². The molecule has 0 bridgehead atoms. The standard InChI is InChI=1S/C14H13F2NO/c1-8-3-4-10(15)6-13(8)18-14-5-9(2)11(16)7-12(14)17/h3-7H,17H2,1-2H3. The summed E-state index contributed by atoms with van der Waals surface area (Å²) in [5, 5.41) is 0. The average molecular weight is 249 g/mol. The van der Waals surface area contributed by atoms with Gasteiger partial charge in [-0.05, 0) is 37.1 Å². The predicted octanol–water partition coefficient (Wildman–Crippen LogP) is 3.96. The molecule has 0 heterocycles. The van der Waals surface area contributed by atoms with Gasteiger partial charge in [-0.25, -0.2) is 8.78 Å². The lowest BCUT2D eigenvalue weighted by Gasteiger charge is -2.12. The molecule has 0 unspecified atom stereocenters. The molecule has 0 aromatic heterocycles. The number of halogens is 2. The molecule has 2 nitrogen and oxygen atoms in total. The maximum atomic E-state index is 13.2. The van der Waals surface area contributed by atoms with Crippen LogP contribution < -0.4 is 10.5 Å². The molecule has 0 aliphatic heterocycles. The molecule has 2 N–H and O–H groups in total. The van der Waals surface area contributed by atoms with Gasteiger partial charge >= 0.3 is 0 Å². The fourth-order valence-electron chi connectivity index (χ4n) is 1.56. The van der Waals surface area contributed by atoms with Crippen LogP contribution in [0.4, 0.5) is 14.5 Å². The summed E-state index contributed by atoms with van der Waals surface area (Å²) < 4.78 is 31.9. The molecule has 94 valence electrons. The van der Waals surface area contributed by atoms with Crippen molar-refractivity contribution in [2.45, 2.75) is 13.8 Å². The first-order valence-corrected chi connectivity index (χ1v) is 5.47. The predicted molar refractivity (Wildman–Crippen MR) is 66.8 cm³/mol. The Morgan fingerprint density at radius 3 is 2.39 bits per heavy atom. The van der Waals surface area contributed by atoms with Gasteiger partial charge in [0.05, 0.1) is 5.69 Å². The molecule has 4 heteroatoms. The molecule has 0 saturated carbocycles. The van der Waals surface area contributed by atoms with Gasteiger partial charge in [0, 0.05) is 12.1 Å². The lowest BCUT2D eigenvalue weighted by molar-refractivity contribution is 0.473. The van der Waals surface area contributed by atoms with Crippen LogP contribution in [0.15, 0.2) is 30.3 Å². The average Bonchev–Trinajstić information content (AvgIpc) is 2.30. The maximum Gasteiger partial charge on any atom is 0.150 e. The Morgan fingerprint density at radius 1 is 0.944 bits per heavy atom. The minimum atomic E-state index is -0.395. The van der Waals surface area contributed by atoms with Crippen molar-refractivity contribution in [1.82, 2.24) is 0 Å². The van der Waals surface area contributed by atoms with Gasteiger partial charge in [0.25, 0.3) is 0 Å². The molecule has 0 amide bonds.